The van der Waals surface area contributed by atoms with Crippen molar-refractivity contribution in [3.8, 4) is 17.5 Å². The van der Waals surface area contributed by atoms with Crippen LogP contribution in [0.3, 0.4) is 0 Å². The second-order valence-corrected chi connectivity index (χ2v) is 8.13. The van der Waals surface area contributed by atoms with E-state index in [2.05, 4.69) is 22.1 Å². The number of para-hydroxylation sites is 1. The number of piperazine rings is 1. The van der Waals surface area contributed by atoms with Gasteiger partial charge in [-0.1, -0.05) is 31.0 Å². The van der Waals surface area contributed by atoms with Gasteiger partial charge in [-0.25, -0.2) is 9.36 Å². The summed E-state index contributed by atoms with van der Waals surface area (Å²) in [6.07, 6.45) is 0.630. The number of anilines is 1. The van der Waals surface area contributed by atoms with Crippen molar-refractivity contribution >= 4 is 35.5 Å². The number of benzene rings is 1. The maximum Gasteiger partial charge on any atom is 0.337 e. The van der Waals surface area contributed by atoms with Gasteiger partial charge in [0.15, 0.2) is 11.2 Å². The van der Waals surface area contributed by atoms with Gasteiger partial charge in [0.05, 0.1) is 18.8 Å². The first-order valence-electron chi connectivity index (χ1n) is 11.9. The van der Waals surface area contributed by atoms with E-state index >= 15 is 0 Å². The van der Waals surface area contributed by atoms with E-state index in [4.69, 9.17) is 9.72 Å². The van der Waals surface area contributed by atoms with Gasteiger partial charge >= 0.3 is 11.7 Å². The molecular weight excluding hydrogens is 484 g/mol. The van der Waals surface area contributed by atoms with E-state index in [1.807, 2.05) is 19.1 Å². The number of aromatic nitrogens is 4. The topological polar surface area (TPSA) is 103 Å². The summed E-state index contributed by atoms with van der Waals surface area (Å²) in [4.78, 5) is 47.0. The molecule has 2 aromatic heterocycles. The fourth-order valence-electron chi connectivity index (χ4n) is 4.36. The van der Waals surface area contributed by atoms with E-state index in [1.165, 1.54) is 4.57 Å². The highest BCUT2D eigenvalue weighted by Gasteiger charge is 2.27. The van der Waals surface area contributed by atoms with Crippen molar-refractivity contribution in [2.24, 2.45) is 0 Å². The monoisotopic (exact) mass is 514 g/mol. The normalized spacial score (nSPS) is 13.1. The summed E-state index contributed by atoms with van der Waals surface area (Å²) in [5.41, 5.74) is 0.603. The van der Waals surface area contributed by atoms with E-state index in [1.54, 1.807) is 30.5 Å². The van der Waals surface area contributed by atoms with Crippen LogP contribution >= 0.6 is 12.4 Å². The van der Waals surface area contributed by atoms with Crippen molar-refractivity contribution in [2.45, 2.75) is 40.3 Å². The summed E-state index contributed by atoms with van der Waals surface area (Å²) in [5.74, 6) is 5.89. The summed E-state index contributed by atoms with van der Waals surface area (Å²) < 4.78 is 9.26. The summed E-state index contributed by atoms with van der Waals surface area (Å²) in [5, 5.41) is 3.31. The lowest BCUT2D eigenvalue weighted by Crippen LogP contribution is -2.44. The number of carbonyl (C=O) groups is 1. The molecule has 0 aliphatic carbocycles. The first-order chi connectivity index (χ1) is 17.0. The van der Waals surface area contributed by atoms with Crippen LogP contribution in [0.2, 0.25) is 0 Å². The van der Waals surface area contributed by atoms with Gasteiger partial charge < -0.3 is 15.0 Å². The van der Waals surface area contributed by atoms with E-state index in [9.17, 15) is 14.4 Å². The number of nitrogens with zero attached hydrogens (tertiary/aromatic N) is 5. The zero-order valence-corrected chi connectivity index (χ0v) is 21.6. The number of halogens is 1. The molecule has 0 unspecified atom stereocenters. The van der Waals surface area contributed by atoms with Gasteiger partial charge in [0.25, 0.3) is 5.56 Å². The van der Waals surface area contributed by atoms with E-state index in [0.29, 0.717) is 31.1 Å². The highest BCUT2D eigenvalue weighted by molar-refractivity contribution is 5.85. The second kappa shape index (κ2) is 11.9. The first kappa shape index (κ1) is 27.0. The number of esters is 1. The number of imidazole rings is 1. The van der Waals surface area contributed by atoms with Gasteiger partial charge in [-0.2, -0.15) is 4.98 Å². The minimum absolute atomic E-state index is 0. The number of ether oxygens (including phenoxy) is 1. The first-order valence-corrected chi connectivity index (χ1v) is 11.9. The van der Waals surface area contributed by atoms with E-state index < -0.39 is 17.2 Å². The molecule has 36 heavy (non-hydrogen) atoms. The molecule has 3 aromatic rings. The second-order valence-electron chi connectivity index (χ2n) is 8.13. The Kier molecular flexibility index (Phi) is 8.96. The number of fused-ring (bicyclic) bond motifs is 1. The predicted molar refractivity (Wildman–Crippen MR) is 141 cm³/mol. The molecule has 4 rings (SSSR count). The maximum atomic E-state index is 14.0. The molecule has 1 aliphatic heterocycles. The summed E-state index contributed by atoms with van der Waals surface area (Å²) in [6, 6.07) is 7.28. The van der Waals surface area contributed by atoms with Gasteiger partial charge in [0, 0.05) is 26.2 Å². The minimum atomic E-state index is -0.630. The van der Waals surface area contributed by atoms with Crippen molar-refractivity contribution in [1.82, 2.24) is 24.0 Å². The Labute approximate surface area is 215 Å². The van der Waals surface area contributed by atoms with Crippen molar-refractivity contribution in [1.29, 1.82) is 0 Å². The molecule has 0 amide bonds. The van der Waals surface area contributed by atoms with Crippen LogP contribution in [0.15, 0.2) is 33.9 Å². The molecular formula is C25H31ClN6O4. The molecule has 192 valence electrons. The Hall–Kier alpha value is -3.55. The number of nitrogens with one attached hydrogen (secondary N) is 1. The molecule has 0 atom stereocenters. The zero-order chi connectivity index (χ0) is 24.9. The van der Waals surface area contributed by atoms with E-state index in [-0.39, 0.29) is 43.3 Å². The van der Waals surface area contributed by atoms with Gasteiger partial charge in [-0.3, -0.25) is 18.7 Å². The zero-order valence-electron chi connectivity index (χ0n) is 20.7. The smallest absolute Gasteiger partial charge is 0.337 e. The number of hydrogen-bond acceptors (Lipinski definition) is 7. The van der Waals surface area contributed by atoms with Crippen molar-refractivity contribution in [3.05, 3.63) is 50.7 Å². The lowest BCUT2D eigenvalue weighted by atomic mass is 10.1. The largest absolute Gasteiger partial charge is 0.465 e. The average molecular weight is 515 g/mol. The Morgan fingerprint density at radius 3 is 2.53 bits per heavy atom. The number of rotatable bonds is 7. The van der Waals surface area contributed by atoms with Crippen LogP contribution in [0, 0.1) is 11.8 Å². The number of aryl methyl sites for hydroxylation is 1. The van der Waals surface area contributed by atoms with Crippen LogP contribution in [0.5, 0.6) is 0 Å². The fourth-order valence-corrected chi connectivity index (χ4v) is 4.36. The molecule has 3 heterocycles. The molecule has 1 saturated heterocycles. The van der Waals surface area contributed by atoms with Gasteiger partial charge in [0.2, 0.25) is 5.95 Å². The molecule has 10 nitrogen and oxygen atoms in total. The SMILES string of the molecule is CC#CCn1c(N2CCNCC2)nc2c1c(=O)n(-c1ccccc1CC)c(=O)n2CC(=O)OCC.Cl. The Morgan fingerprint density at radius 2 is 1.86 bits per heavy atom. The fraction of sp³-hybridized carbons (Fsp3) is 0.440. The lowest BCUT2D eigenvalue weighted by Gasteiger charge is -2.28. The third-order valence-corrected chi connectivity index (χ3v) is 6.03. The van der Waals surface area contributed by atoms with Crippen LogP contribution in [0.4, 0.5) is 5.95 Å². The lowest BCUT2D eigenvalue weighted by molar-refractivity contribution is -0.143. The Balaban J connectivity index is 0.00000361. The Bertz CT molecular complexity index is 1420. The van der Waals surface area contributed by atoms with Gasteiger partial charge in [0.1, 0.15) is 6.54 Å². The molecule has 1 aromatic carbocycles. The standard InChI is InChI=1S/C25H30N6O4.ClH/c1-4-7-14-29-21-22(27-24(29)28-15-12-26-13-16-28)30(17-20(32)35-6-3)25(34)31(23(21)33)19-11-9-8-10-18(19)5-2;/h8-11,26H,5-6,12-17H2,1-3H3;1H. The minimum Gasteiger partial charge on any atom is -0.465 e. The third-order valence-electron chi connectivity index (χ3n) is 6.03. The van der Waals surface area contributed by atoms with Crippen LogP contribution in [-0.4, -0.2) is 57.4 Å². The van der Waals surface area contributed by atoms with Crippen molar-refractivity contribution < 1.29 is 9.53 Å². The maximum absolute atomic E-state index is 14.0. The quantitative estimate of drug-likeness (QED) is 0.375. The molecule has 1 N–H and O–H groups in total. The average Bonchev–Trinajstić information content (AvgIpc) is 3.26. The summed E-state index contributed by atoms with van der Waals surface area (Å²) in [6.45, 7) is 8.38. The van der Waals surface area contributed by atoms with Gasteiger partial charge in [-0.05, 0) is 31.9 Å². The number of carbonyl (C=O) groups excluding carboxylic acids is 1. The number of hydrogen-bond donors (Lipinski definition) is 1. The molecule has 0 spiro atoms. The Morgan fingerprint density at radius 1 is 1.14 bits per heavy atom. The molecule has 0 saturated carbocycles. The van der Waals surface area contributed by atoms with E-state index in [0.717, 1.165) is 23.2 Å². The highest BCUT2D eigenvalue weighted by atomic mass is 35.5. The molecule has 1 aliphatic rings. The van der Waals surface area contributed by atoms with Crippen molar-refractivity contribution in [3.63, 3.8) is 0 Å². The van der Waals surface area contributed by atoms with Crippen LogP contribution < -0.4 is 21.5 Å². The van der Waals surface area contributed by atoms with Crippen LogP contribution in [-0.2, 0) is 29.0 Å². The van der Waals surface area contributed by atoms with Crippen LogP contribution in [0.25, 0.3) is 16.9 Å². The molecule has 11 heteroatoms. The van der Waals surface area contributed by atoms with Crippen molar-refractivity contribution in [2.75, 3.05) is 37.7 Å². The van der Waals surface area contributed by atoms with Gasteiger partial charge in [-0.15, -0.1) is 18.3 Å². The summed E-state index contributed by atoms with van der Waals surface area (Å²) >= 11 is 0. The molecule has 0 bridgehead atoms. The summed E-state index contributed by atoms with van der Waals surface area (Å²) in [7, 11) is 0. The highest BCUT2D eigenvalue weighted by Crippen LogP contribution is 2.22. The molecule has 0 radical (unpaired) electrons. The third kappa shape index (κ3) is 5.03. The predicted octanol–water partition coefficient (Wildman–Crippen LogP) is 1.33. The van der Waals surface area contributed by atoms with Crippen LogP contribution in [0.1, 0.15) is 26.3 Å². The molecule has 1 fully saturated rings.